The molecule has 2 aromatic carbocycles. The topological polar surface area (TPSA) is 76.0 Å². The van der Waals surface area contributed by atoms with E-state index in [-0.39, 0.29) is 16.9 Å². The molecule has 44 heavy (non-hydrogen) atoms. The highest BCUT2D eigenvalue weighted by Gasteiger charge is 2.16. The summed E-state index contributed by atoms with van der Waals surface area (Å²) < 4.78 is 1.58. The number of benzene rings is 2. The fourth-order valence-corrected chi connectivity index (χ4v) is 5.69. The molecule has 2 heterocycles. The molecule has 0 saturated carbocycles. The maximum absolute atomic E-state index is 13.1. The van der Waals surface area contributed by atoms with Gasteiger partial charge in [-0.1, -0.05) is 90.6 Å². The SMILES string of the molecule is CCCC(CC)CCCc1ccc(Nc2cc(-c3cccc(NC(=O)c4ccc(C(C)(C)C)cc4)c3C)cn(C)c2=O)nc1. The van der Waals surface area contributed by atoms with Crippen LogP contribution in [0.25, 0.3) is 11.1 Å². The first kappa shape index (κ1) is 32.7. The number of carbonyl (C=O) groups excluding carboxylic acids is 1. The van der Waals surface area contributed by atoms with E-state index in [0.29, 0.717) is 17.1 Å². The molecule has 2 N–H and O–H groups in total. The lowest BCUT2D eigenvalue weighted by Crippen LogP contribution is -2.20. The van der Waals surface area contributed by atoms with Gasteiger partial charge in [0.2, 0.25) is 0 Å². The van der Waals surface area contributed by atoms with Crippen molar-refractivity contribution in [3.63, 3.8) is 0 Å². The van der Waals surface area contributed by atoms with Crippen molar-refractivity contribution in [2.75, 3.05) is 10.6 Å². The average molecular weight is 593 g/mol. The van der Waals surface area contributed by atoms with Crippen LogP contribution in [0.15, 0.2) is 77.9 Å². The van der Waals surface area contributed by atoms with E-state index in [9.17, 15) is 9.59 Å². The number of aryl methyl sites for hydroxylation is 2. The number of hydrogen-bond donors (Lipinski definition) is 2. The van der Waals surface area contributed by atoms with Crippen LogP contribution >= 0.6 is 0 Å². The van der Waals surface area contributed by atoms with E-state index in [0.717, 1.165) is 41.1 Å². The van der Waals surface area contributed by atoms with Crippen LogP contribution in [0.1, 0.15) is 93.8 Å². The second-order valence-electron chi connectivity index (χ2n) is 12.9. The molecule has 232 valence electrons. The molecule has 0 saturated heterocycles. The Labute approximate surface area is 263 Å². The van der Waals surface area contributed by atoms with E-state index in [1.54, 1.807) is 11.6 Å². The second-order valence-corrected chi connectivity index (χ2v) is 12.9. The number of nitrogens with one attached hydrogen (secondary N) is 2. The summed E-state index contributed by atoms with van der Waals surface area (Å²) in [4.78, 5) is 30.8. The van der Waals surface area contributed by atoms with Gasteiger partial charge >= 0.3 is 0 Å². The van der Waals surface area contributed by atoms with E-state index >= 15 is 0 Å². The van der Waals surface area contributed by atoms with E-state index in [4.69, 9.17) is 0 Å². The zero-order valence-electron chi connectivity index (χ0n) is 27.5. The summed E-state index contributed by atoms with van der Waals surface area (Å²) >= 11 is 0. The molecular formula is C38H48N4O2. The Hall–Kier alpha value is -4.19. The van der Waals surface area contributed by atoms with Crippen molar-refractivity contribution in [3.05, 3.63) is 106 Å². The van der Waals surface area contributed by atoms with Gasteiger partial charge in [0.05, 0.1) is 0 Å². The van der Waals surface area contributed by atoms with Gasteiger partial charge < -0.3 is 15.2 Å². The molecule has 0 aliphatic carbocycles. The quantitative estimate of drug-likeness (QED) is 0.172. The molecule has 1 amide bonds. The van der Waals surface area contributed by atoms with Crippen molar-refractivity contribution in [2.24, 2.45) is 13.0 Å². The second kappa shape index (κ2) is 14.5. The van der Waals surface area contributed by atoms with Gasteiger partial charge in [-0.25, -0.2) is 4.98 Å². The third-order valence-electron chi connectivity index (χ3n) is 8.53. The van der Waals surface area contributed by atoms with Gasteiger partial charge in [-0.15, -0.1) is 0 Å². The van der Waals surface area contributed by atoms with Gasteiger partial charge in [0.1, 0.15) is 11.5 Å². The molecule has 0 aliphatic heterocycles. The van der Waals surface area contributed by atoms with E-state index in [2.05, 4.69) is 56.3 Å². The molecule has 1 atom stereocenters. The lowest BCUT2D eigenvalue weighted by atomic mass is 9.86. The van der Waals surface area contributed by atoms with Crippen molar-refractivity contribution in [1.82, 2.24) is 9.55 Å². The summed E-state index contributed by atoms with van der Waals surface area (Å²) in [6.07, 6.45) is 11.0. The molecule has 0 aliphatic rings. The Morgan fingerprint density at radius 2 is 1.73 bits per heavy atom. The number of anilines is 3. The lowest BCUT2D eigenvalue weighted by molar-refractivity contribution is 0.102. The maximum Gasteiger partial charge on any atom is 0.274 e. The number of nitrogens with zero attached hydrogens (tertiary/aromatic N) is 2. The minimum atomic E-state index is -0.158. The van der Waals surface area contributed by atoms with Crippen LogP contribution in [-0.2, 0) is 18.9 Å². The van der Waals surface area contributed by atoms with Crippen molar-refractivity contribution < 1.29 is 4.79 Å². The van der Waals surface area contributed by atoms with Crippen LogP contribution in [0.4, 0.5) is 17.2 Å². The molecule has 1 unspecified atom stereocenters. The molecule has 2 aromatic heterocycles. The van der Waals surface area contributed by atoms with Crippen LogP contribution in [-0.4, -0.2) is 15.5 Å². The molecule has 0 radical (unpaired) electrons. The van der Waals surface area contributed by atoms with Gasteiger partial charge in [-0.2, -0.15) is 0 Å². The number of amides is 1. The van der Waals surface area contributed by atoms with Crippen LogP contribution in [0.2, 0.25) is 0 Å². The largest absolute Gasteiger partial charge is 0.336 e. The molecule has 0 fully saturated rings. The lowest BCUT2D eigenvalue weighted by Gasteiger charge is -2.19. The van der Waals surface area contributed by atoms with Gasteiger partial charge in [-0.05, 0) is 83.7 Å². The Morgan fingerprint density at radius 3 is 2.36 bits per heavy atom. The van der Waals surface area contributed by atoms with E-state index < -0.39 is 0 Å². The predicted molar refractivity (Wildman–Crippen MR) is 184 cm³/mol. The Morgan fingerprint density at radius 1 is 0.977 bits per heavy atom. The van der Waals surface area contributed by atoms with Crippen LogP contribution in [0, 0.1) is 12.8 Å². The highest BCUT2D eigenvalue weighted by atomic mass is 16.1. The molecule has 0 spiro atoms. The van der Waals surface area contributed by atoms with Crippen molar-refractivity contribution in [2.45, 2.75) is 85.5 Å². The van der Waals surface area contributed by atoms with Crippen LogP contribution in [0.5, 0.6) is 0 Å². The molecule has 6 heteroatoms. The summed E-state index contributed by atoms with van der Waals surface area (Å²) in [5.41, 5.74) is 6.78. The first-order valence-electron chi connectivity index (χ1n) is 15.9. The fraction of sp³-hybridized carbons (Fsp3) is 0.395. The van der Waals surface area contributed by atoms with Crippen LogP contribution in [0.3, 0.4) is 0 Å². The number of carbonyl (C=O) groups is 1. The predicted octanol–water partition coefficient (Wildman–Crippen LogP) is 9.20. The van der Waals surface area contributed by atoms with Gasteiger partial charge in [0.25, 0.3) is 11.5 Å². The molecule has 4 aromatic rings. The summed E-state index contributed by atoms with van der Waals surface area (Å²) in [5.74, 6) is 1.29. The smallest absolute Gasteiger partial charge is 0.274 e. The zero-order chi connectivity index (χ0) is 31.9. The van der Waals surface area contributed by atoms with Gasteiger partial charge in [0, 0.05) is 36.3 Å². The van der Waals surface area contributed by atoms with Crippen molar-refractivity contribution in [3.8, 4) is 11.1 Å². The molecule has 4 rings (SSSR count). The summed E-state index contributed by atoms with van der Waals surface area (Å²) in [6.45, 7) is 13.0. The highest BCUT2D eigenvalue weighted by Crippen LogP contribution is 2.30. The number of rotatable bonds is 12. The third-order valence-corrected chi connectivity index (χ3v) is 8.53. The summed E-state index contributed by atoms with van der Waals surface area (Å²) in [7, 11) is 1.75. The van der Waals surface area contributed by atoms with Crippen molar-refractivity contribution >= 4 is 23.1 Å². The Bertz CT molecular complexity index is 1610. The minimum Gasteiger partial charge on any atom is -0.336 e. The number of pyridine rings is 2. The summed E-state index contributed by atoms with van der Waals surface area (Å²) in [6, 6.07) is 19.5. The minimum absolute atomic E-state index is 0.0229. The Kier molecular flexibility index (Phi) is 10.8. The molecular weight excluding hydrogens is 544 g/mol. The monoisotopic (exact) mass is 592 g/mol. The van der Waals surface area contributed by atoms with Crippen LogP contribution < -0.4 is 16.2 Å². The highest BCUT2D eigenvalue weighted by molar-refractivity contribution is 6.05. The number of aromatic nitrogens is 2. The molecule has 6 nitrogen and oxygen atoms in total. The zero-order valence-corrected chi connectivity index (χ0v) is 27.5. The van der Waals surface area contributed by atoms with E-state index in [1.165, 1.54) is 36.8 Å². The Balaban J connectivity index is 1.49. The average Bonchev–Trinajstić information content (AvgIpc) is 3.00. The standard InChI is InChI=1S/C38H48N4O2/c1-8-12-27(9-2)13-10-14-28-17-22-35(39-24-28)40-34-23-30(25-42(7)37(34)44)32-15-11-16-33(26(32)3)41-36(43)29-18-20-31(21-19-29)38(4,5)6/h11,15-25,27H,8-10,12-14H2,1-7H3,(H,39,40)(H,41,43). The van der Waals surface area contributed by atoms with Gasteiger partial charge in [0.15, 0.2) is 0 Å². The van der Waals surface area contributed by atoms with Crippen molar-refractivity contribution in [1.29, 1.82) is 0 Å². The van der Waals surface area contributed by atoms with Gasteiger partial charge in [-0.3, -0.25) is 9.59 Å². The maximum atomic E-state index is 13.1. The first-order chi connectivity index (χ1) is 21.0. The first-order valence-corrected chi connectivity index (χ1v) is 15.9. The fourth-order valence-electron chi connectivity index (χ4n) is 5.69. The molecule has 0 bridgehead atoms. The number of hydrogen-bond acceptors (Lipinski definition) is 4. The third kappa shape index (κ3) is 8.25. The van der Waals surface area contributed by atoms with E-state index in [1.807, 2.05) is 73.9 Å². The summed E-state index contributed by atoms with van der Waals surface area (Å²) in [5, 5.41) is 6.32. The normalized spacial score (nSPS) is 12.2.